The fraction of sp³-hybridized carbons (Fsp3) is 0.750. The fourth-order valence-electron chi connectivity index (χ4n) is 2.13. The zero-order valence-electron chi connectivity index (χ0n) is 11.3. The van der Waals surface area contributed by atoms with E-state index in [4.69, 9.17) is 23.8 Å². The van der Waals surface area contributed by atoms with Crippen LogP contribution in [-0.2, 0) is 31.2 Å². The molecule has 1 fully saturated rings. The van der Waals surface area contributed by atoms with Gasteiger partial charge in [0.2, 0.25) is 5.82 Å². The third-order valence-corrected chi connectivity index (χ3v) is 3.05. The predicted octanol–water partition coefficient (Wildman–Crippen LogP) is 0.713. The number of carbonyl (C=O) groups is 1. The van der Waals surface area contributed by atoms with Crippen molar-refractivity contribution in [3.63, 3.8) is 0 Å². The Bertz CT molecular complexity index is 435. The fourth-order valence-corrected chi connectivity index (χ4v) is 2.13. The maximum atomic E-state index is 10.4. The van der Waals surface area contributed by atoms with Gasteiger partial charge >= 0.3 is 5.97 Å². The standard InChI is InChI=1S/C12H18N2O6/c1-2-19-12(3-5-17-6-4-12)11-13-9(20-14-11)7-18-8-10(15)16/h2-8H2,1H3,(H,15,16). The molecule has 1 aromatic rings. The van der Waals surface area contributed by atoms with Gasteiger partial charge in [-0.05, 0) is 6.92 Å². The van der Waals surface area contributed by atoms with E-state index >= 15 is 0 Å². The van der Waals surface area contributed by atoms with E-state index in [2.05, 4.69) is 10.1 Å². The summed E-state index contributed by atoms with van der Waals surface area (Å²) >= 11 is 0. The van der Waals surface area contributed by atoms with Gasteiger partial charge in [0.1, 0.15) is 18.8 Å². The molecule has 1 saturated heterocycles. The van der Waals surface area contributed by atoms with Gasteiger partial charge in [-0.2, -0.15) is 4.98 Å². The summed E-state index contributed by atoms with van der Waals surface area (Å²) in [6.45, 7) is 3.19. The first-order valence-corrected chi connectivity index (χ1v) is 6.50. The lowest BCUT2D eigenvalue weighted by Crippen LogP contribution is -2.37. The maximum absolute atomic E-state index is 10.4. The number of aliphatic carboxylic acids is 1. The van der Waals surface area contributed by atoms with Crippen LogP contribution in [0.15, 0.2) is 4.52 Å². The van der Waals surface area contributed by atoms with Gasteiger partial charge in [0.25, 0.3) is 5.89 Å². The highest BCUT2D eigenvalue weighted by molar-refractivity contribution is 5.67. The average Bonchev–Trinajstić information content (AvgIpc) is 2.89. The SMILES string of the molecule is CCOC1(c2noc(COCC(=O)O)n2)CCOCC1. The molecule has 2 heterocycles. The molecular formula is C12H18N2O6. The van der Waals surface area contributed by atoms with Crippen LogP contribution in [0.4, 0.5) is 0 Å². The minimum absolute atomic E-state index is 0.0298. The van der Waals surface area contributed by atoms with Crippen LogP contribution in [-0.4, -0.2) is 47.6 Å². The summed E-state index contributed by atoms with van der Waals surface area (Å²) in [6, 6.07) is 0. The van der Waals surface area contributed by atoms with E-state index in [1.165, 1.54) is 0 Å². The Morgan fingerprint density at radius 2 is 2.20 bits per heavy atom. The van der Waals surface area contributed by atoms with Crippen LogP contribution in [0.5, 0.6) is 0 Å². The summed E-state index contributed by atoms with van der Waals surface area (Å²) in [5, 5.41) is 12.4. The molecule has 0 unspecified atom stereocenters. The number of rotatable bonds is 7. The Hall–Kier alpha value is -1.51. The van der Waals surface area contributed by atoms with Crippen molar-refractivity contribution in [3.8, 4) is 0 Å². The molecule has 0 spiro atoms. The smallest absolute Gasteiger partial charge is 0.329 e. The Morgan fingerprint density at radius 1 is 1.45 bits per heavy atom. The molecule has 8 heteroatoms. The molecule has 2 rings (SSSR count). The number of carboxylic acids is 1. The lowest BCUT2D eigenvalue weighted by Gasteiger charge is -2.33. The van der Waals surface area contributed by atoms with E-state index in [1.54, 1.807) is 0 Å². The lowest BCUT2D eigenvalue weighted by molar-refractivity contribution is -0.142. The molecule has 0 amide bonds. The predicted molar refractivity (Wildman–Crippen MR) is 64.9 cm³/mol. The zero-order chi connectivity index (χ0) is 14.4. The van der Waals surface area contributed by atoms with Crippen molar-refractivity contribution in [2.24, 2.45) is 0 Å². The normalized spacial score (nSPS) is 18.1. The van der Waals surface area contributed by atoms with Gasteiger partial charge in [-0.1, -0.05) is 5.16 Å². The third-order valence-electron chi connectivity index (χ3n) is 3.05. The molecule has 8 nitrogen and oxygen atoms in total. The summed E-state index contributed by atoms with van der Waals surface area (Å²) in [4.78, 5) is 14.6. The summed E-state index contributed by atoms with van der Waals surface area (Å²) < 4.78 is 21.1. The number of ether oxygens (including phenoxy) is 3. The van der Waals surface area contributed by atoms with Crippen LogP contribution in [0.1, 0.15) is 31.5 Å². The number of aromatic nitrogens is 2. The second-order valence-electron chi connectivity index (χ2n) is 4.44. The van der Waals surface area contributed by atoms with Crippen LogP contribution < -0.4 is 0 Å². The van der Waals surface area contributed by atoms with E-state index in [9.17, 15) is 4.79 Å². The minimum atomic E-state index is -1.04. The number of nitrogens with zero attached hydrogens (tertiary/aromatic N) is 2. The van der Waals surface area contributed by atoms with Gasteiger partial charge in [-0.25, -0.2) is 4.79 Å². The molecule has 0 radical (unpaired) electrons. The summed E-state index contributed by atoms with van der Waals surface area (Å²) in [7, 11) is 0. The summed E-state index contributed by atoms with van der Waals surface area (Å²) in [6.07, 6.45) is 1.32. The first-order valence-electron chi connectivity index (χ1n) is 6.50. The average molecular weight is 286 g/mol. The molecule has 0 atom stereocenters. The number of carboxylic acid groups (broad SMARTS) is 1. The largest absolute Gasteiger partial charge is 0.480 e. The van der Waals surface area contributed by atoms with Crippen LogP contribution >= 0.6 is 0 Å². The lowest BCUT2D eigenvalue weighted by atomic mass is 9.93. The van der Waals surface area contributed by atoms with Crippen LogP contribution in [0.2, 0.25) is 0 Å². The van der Waals surface area contributed by atoms with Crippen molar-refractivity contribution in [2.75, 3.05) is 26.4 Å². The number of hydrogen-bond acceptors (Lipinski definition) is 7. The van der Waals surface area contributed by atoms with E-state index in [-0.39, 0.29) is 12.5 Å². The van der Waals surface area contributed by atoms with Crippen molar-refractivity contribution in [1.82, 2.24) is 10.1 Å². The highest BCUT2D eigenvalue weighted by Gasteiger charge is 2.39. The van der Waals surface area contributed by atoms with E-state index in [0.29, 0.717) is 38.5 Å². The highest BCUT2D eigenvalue weighted by Crippen LogP contribution is 2.34. The van der Waals surface area contributed by atoms with Crippen LogP contribution in [0.3, 0.4) is 0 Å². The molecule has 1 aromatic heterocycles. The molecule has 1 aliphatic heterocycles. The van der Waals surface area contributed by atoms with E-state index < -0.39 is 18.2 Å². The molecule has 0 aromatic carbocycles. The molecule has 20 heavy (non-hydrogen) atoms. The van der Waals surface area contributed by atoms with Crippen LogP contribution in [0.25, 0.3) is 0 Å². The third kappa shape index (κ3) is 3.53. The first kappa shape index (κ1) is 14.9. The molecule has 0 saturated carbocycles. The first-order chi connectivity index (χ1) is 9.66. The summed E-state index contributed by atoms with van der Waals surface area (Å²) in [5.74, 6) is -0.330. The Balaban J connectivity index is 2.02. The van der Waals surface area contributed by atoms with Crippen LogP contribution in [0, 0.1) is 0 Å². The molecule has 112 valence electrons. The molecule has 1 N–H and O–H groups in total. The van der Waals surface area contributed by atoms with Gasteiger partial charge < -0.3 is 23.8 Å². The van der Waals surface area contributed by atoms with Crippen molar-refractivity contribution in [1.29, 1.82) is 0 Å². The monoisotopic (exact) mass is 286 g/mol. The van der Waals surface area contributed by atoms with E-state index in [0.717, 1.165) is 0 Å². The number of hydrogen-bond donors (Lipinski definition) is 1. The molecule has 1 aliphatic rings. The minimum Gasteiger partial charge on any atom is -0.480 e. The molecule has 0 aliphatic carbocycles. The Labute approximate surface area is 116 Å². The van der Waals surface area contributed by atoms with Crippen molar-refractivity contribution in [2.45, 2.75) is 32.0 Å². The van der Waals surface area contributed by atoms with Gasteiger partial charge in [0.15, 0.2) is 0 Å². The van der Waals surface area contributed by atoms with Crippen molar-refractivity contribution < 1.29 is 28.6 Å². The van der Waals surface area contributed by atoms with Gasteiger partial charge in [-0.3, -0.25) is 0 Å². The topological polar surface area (TPSA) is 104 Å². The molecular weight excluding hydrogens is 268 g/mol. The van der Waals surface area contributed by atoms with Gasteiger partial charge in [0, 0.05) is 32.7 Å². The second-order valence-corrected chi connectivity index (χ2v) is 4.44. The van der Waals surface area contributed by atoms with Gasteiger partial charge in [-0.15, -0.1) is 0 Å². The Morgan fingerprint density at radius 3 is 2.85 bits per heavy atom. The Kier molecular flexibility index (Phi) is 5.05. The van der Waals surface area contributed by atoms with Crippen molar-refractivity contribution in [3.05, 3.63) is 11.7 Å². The van der Waals surface area contributed by atoms with Crippen molar-refractivity contribution >= 4 is 5.97 Å². The van der Waals surface area contributed by atoms with Gasteiger partial charge in [0.05, 0.1) is 0 Å². The zero-order valence-corrected chi connectivity index (χ0v) is 11.3. The maximum Gasteiger partial charge on any atom is 0.329 e. The highest BCUT2D eigenvalue weighted by atomic mass is 16.5. The quantitative estimate of drug-likeness (QED) is 0.781. The molecule has 0 bridgehead atoms. The summed E-state index contributed by atoms with van der Waals surface area (Å²) in [5.41, 5.74) is -0.582. The second kappa shape index (κ2) is 6.78. The van der Waals surface area contributed by atoms with E-state index in [1.807, 2.05) is 6.92 Å².